The summed E-state index contributed by atoms with van der Waals surface area (Å²) in [6.07, 6.45) is 0. The summed E-state index contributed by atoms with van der Waals surface area (Å²) in [6.45, 7) is 0.536. The zero-order valence-corrected chi connectivity index (χ0v) is 10.4. The fourth-order valence-electron chi connectivity index (χ4n) is 1.02. The number of hydrogen-bond donors (Lipinski definition) is 1. The number of rotatable bonds is 3. The zero-order valence-electron chi connectivity index (χ0n) is 7.26. The van der Waals surface area contributed by atoms with Gasteiger partial charge in [-0.15, -0.1) is 0 Å². The van der Waals surface area contributed by atoms with Crippen LogP contribution in [0.3, 0.4) is 0 Å². The number of ether oxygens (including phenoxy) is 1. The maximum atomic E-state index is 5.86. The highest BCUT2D eigenvalue weighted by Gasteiger charge is 2.06. The molecule has 1 aromatic rings. The van der Waals surface area contributed by atoms with Crippen LogP contribution in [0.2, 0.25) is 0 Å². The van der Waals surface area contributed by atoms with E-state index in [-0.39, 0.29) is 6.04 Å². The quantitative estimate of drug-likeness (QED) is 0.932. The average molecular weight is 309 g/mol. The Hall–Kier alpha value is 0.1000. The molecule has 0 fully saturated rings. The predicted molar refractivity (Wildman–Crippen MR) is 60.6 cm³/mol. The molecule has 1 aromatic carbocycles. The Bertz CT molecular complexity index is 291. The normalized spacial score (nSPS) is 12.9. The monoisotopic (exact) mass is 307 g/mol. The van der Waals surface area contributed by atoms with E-state index < -0.39 is 0 Å². The summed E-state index contributed by atoms with van der Waals surface area (Å²) in [7, 11) is 1.65. The summed E-state index contributed by atoms with van der Waals surface area (Å²) in [5, 5.41) is 0. The number of benzene rings is 1. The van der Waals surface area contributed by atoms with Gasteiger partial charge in [-0.05, 0) is 49.6 Å². The largest absolute Gasteiger partial charge is 0.383 e. The molecule has 1 atom stereocenters. The zero-order chi connectivity index (χ0) is 9.84. The van der Waals surface area contributed by atoms with Crippen LogP contribution in [0.25, 0.3) is 0 Å². The van der Waals surface area contributed by atoms with Crippen LogP contribution in [0.5, 0.6) is 0 Å². The van der Waals surface area contributed by atoms with Gasteiger partial charge in [-0.25, -0.2) is 0 Å². The summed E-state index contributed by atoms with van der Waals surface area (Å²) in [6, 6.07) is 5.88. The molecule has 0 bridgehead atoms. The average Bonchev–Trinajstić information content (AvgIpc) is 2.10. The molecular weight excluding hydrogens is 298 g/mol. The van der Waals surface area contributed by atoms with E-state index in [1.165, 1.54) is 0 Å². The van der Waals surface area contributed by atoms with Crippen molar-refractivity contribution in [2.45, 2.75) is 6.04 Å². The number of nitrogens with two attached hydrogens (primary N) is 1. The van der Waals surface area contributed by atoms with E-state index >= 15 is 0 Å². The van der Waals surface area contributed by atoms with Gasteiger partial charge in [0.1, 0.15) is 0 Å². The van der Waals surface area contributed by atoms with Crippen LogP contribution in [0, 0.1) is 0 Å². The van der Waals surface area contributed by atoms with Gasteiger partial charge < -0.3 is 10.5 Å². The van der Waals surface area contributed by atoms with Crippen molar-refractivity contribution in [2.75, 3.05) is 13.7 Å². The minimum Gasteiger partial charge on any atom is -0.383 e. The van der Waals surface area contributed by atoms with Gasteiger partial charge in [0, 0.05) is 16.1 Å². The molecule has 0 saturated carbocycles. The Morgan fingerprint density at radius 1 is 1.38 bits per heavy atom. The van der Waals surface area contributed by atoms with Crippen LogP contribution >= 0.6 is 31.9 Å². The fraction of sp³-hybridized carbons (Fsp3) is 0.333. The standard InChI is InChI=1S/C9H11Br2NO/c1-13-5-9(12)6-2-3-7(10)8(11)4-6/h2-4,9H,5,12H2,1H3/t9-/m1/s1. The van der Waals surface area contributed by atoms with E-state index in [0.29, 0.717) is 6.61 Å². The minimum absolute atomic E-state index is 0.0607. The van der Waals surface area contributed by atoms with Gasteiger partial charge in [0.15, 0.2) is 0 Å². The van der Waals surface area contributed by atoms with Crippen molar-refractivity contribution in [1.29, 1.82) is 0 Å². The van der Waals surface area contributed by atoms with Gasteiger partial charge in [0.25, 0.3) is 0 Å². The van der Waals surface area contributed by atoms with E-state index in [2.05, 4.69) is 31.9 Å². The van der Waals surface area contributed by atoms with E-state index in [9.17, 15) is 0 Å². The molecule has 13 heavy (non-hydrogen) atoms. The molecule has 0 radical (unpaired) electrons. The molecule has 4 heteroatoms. The van der Waals surface area contributed by atoms with Gasteiger partial charge >= 0.3 is 0 Å². The molecule has 0 aliphatic rings. The van der Waals surface area contributed by atoms with E-state index in [4.69, 9.17) is 10.5 Å². The molecule has 0 heterocycles. The van der Waals surface area contributed by atoms with Gasteiger partial charge in [-0.1, -0.05) is 6.07 Å². The fourth-order valence-corrected chi connectivity index (χ4v) is 1.66. The maximum absolute atomic E-state index is 5.86. The van der Waals surface area contributed by atoms with Crippen LogP contribution in [0.1, 0.15) is 11.6 Å². The second kappa shape index (κ2) is 5.10. The number of methoxy groups -OCH3 is 1. The molecule has 0 saturated heterocycles. The van der Waals surface area contributed by atoms with Gasteiger partial charge in [-0.3, -0.25) is 0 Å². The Labute approximate surface area is 94.7 Å². The molecule has 0 amide bonds. The first-order valence-corrected chi connectivity index (χ1v) is 5.43. The second-order valence-corrected chi connectivity index (χ2v) is 4.44. The topological polar surface area (TPSA) is 35.2 Å². The highest BCUT2D eigenvalue weighted by Crippen LogP contribution is 2.25. The van der Waals surface area contributed by atoms with Crippen LogP contribution in [0.15, 0.2) is 27.1 Å². The van der Waals surface area contributed by atoms with Crippen molar-refractivity contribution in [3.05, 3.63) is 32.7 Å². The van der Waals surface area contributed by atoms with Crippen LogP contribution in [0.4, 0.5) is 0 Å². The SMILES string of the molecule is COC[C@@H](N)c1ccc(Br)c(Br)c1. The lowest BCUT2D eigenvalue weighted by molar-refractivity contribution is 0.181. The first-order chi connectivity index (χ1) is 6.15. The Morgan fingerprint density at radius 2 is 2.08 bits per heavy atom. The third kappa shape index (κ3) is 3.06. The molecule has 72 valence electrons. The van der Waals surface area contributed by atoms with Crippen molar-refractivity contribution in [3.63, 3.8) is 0 Å². The molecular formula is C9H11Br2NO. The smallest absolute Gasteiger partial charge is 0.0655 e. The summed E-state index contributed by atoms with van der Waals surface area (Å²) in [5.74, 6) is 0. The van der Waals surface area contributed by atoms with Crippen molar-refractivity contribution >= 4 is 31.9 Å². The van der Waals surface area contributed by atoms with E-state index in [0.717, 1.165) is 14.5 Å². The van der Waals surface area contributed by atoms with E-state index in [1.807, 2.05) is 18.2 Å². The summed E-state index contributed by atoms with van der Waals surface area (Å²) >= 11 is 6.82. The molecule has 1 rings (SSSR count). The van der Waals surface area contributed by atoms with Crippen molar-refractivity contribution < 1.29 is 4.74 Å². The molecule has 2 nitrogen and oxygen atoms in total. The first-order valence-electron chi connectivity index (χ1n) is 3.84. The van der Waals surface area contributed by atoms with Crippen molar-refractivity contribution in [2.24, 2.45) is 5.73 Å². The summed E-state index contributed by atoms with van der Waals surface area (Å²) in [4.78, 5) is 0. The highest BCUT2D eigenvalue weighted by atomic mass is 79.9. The minimum atomic E-state index is -0.0607. The van der Waals surface area contributed by atoms with Gasteiger partial charge in [0.2, 0.25) is 0 Å². The molecule has 0 aliphatic carbocycles. The second-order valence-electron chi connectivity index (χ2n) is 2.74. The lowest BCUT2D eigenvalue weighted by atomic mass is 10.1. The third-order valence-corrected chi connectivity index (χ3v) is 3.60. The Balaban J connectivity index is 2.84. The number of halogens is 2. The molecule has 0 spiro atoms. The van der Waals surface area contributed by atoms with Crippen LogP contribution in [-0.2, 0) is 4.74 Å². The molecule has 2 N–H and O–H groups in total. The van der Waals surface area contributed by atoms with E-state index in [1.54, 1.807) is 7.11 Å². The number of hydrogen-bond acceptors (Lipinski definition) is 2. The first kappa shape index (κ1) is 11.2. The van der Waals surface area contributed by atoms with Crippen LogP contribution < -0.4 is 5.73 Å². The predicted octanol–water partition coefficient (Wildman–Crippen LogP) is 2.86. The summed E-state index contributed by atoms with van der Waals surface area (Å²) in [5.41, 5.74) is 6.93. The lowest BCUT2D eigenvalue weighted by Crippen LogP contribution is -2.15. The Kier molecular flexibility index (Phi) is 4.38. The maximum Gasteiger partial charge on any atom is 0.0655 e. The van der Waals surface area contributed by atoms with Crippen molar-refractivity contribution in [1.82, 2.24) is 0 Å². The van der Waals surface area contributed by atoms with Gasteiger partial charge in [-0.2, -0.15) is 0 Å². The van der Waals surface area contributed by atoms with Crippen molar-refractivity contribution in [3.8, 4) is 0 Å². The highest BCUT2D eigenvalue weighted by molar-refractivity contribution is 9.13. The molecule has 0 aliphatic heterocycles. The Morgan fingerprint density at radius 3 is 2.62 bits per heavy atom. The van der Waals surface area contributed by atoms with Gasteiger partial charge in [0.05, 0.1) is 12.6 Å². The lowest BCUT2D eigenvalue weighted by Gasteiger charge is -2.11. The van der Waals surface area contributed by atoms with Crippen LogP contribution in [-0.4, -0.2) is 13.7 Å². The molecule has 0 unspecified atom stereocenters. The summed E-state index contributed by atoms with van der Waals surface area (Å²) < 4.78 is 7.02. The molecule has 0 aromatic heterocycles. The third-order valence-electron chi connectivity index (χ3n) is 1.72.